The lowest BCUT2D eigenvalue weighted by atomic mass is 9.77. The minimum absolute atomic E-state index is 0.295. The summed E-state index contributed by atoms with van der Waals surface area (Å²) in [5.41, 5.74) is 0.591. The van der Waals surface area contributed by atoms with Crippen LogP contribution in [0.3, 0.4) is 0 Å². The maximum Gasteiger partial charge on any atom is 0.0170 e. The van der Waals surface area contributed by atoms with Gasteiger partial charge in [-0.05, 0) is 81.2 Å². The largest absolute Gasteiger partial charge is 0.320 e. The monoisotopic (exact) mass is 255 g/mol. The first-order valence-electron chi connectivity index (χ1n) is 7.29. The van der Waals surface area contributed by atoms with E-state index in [4.69, 9.17) is 0 Å². The summed E-state index contributed by atoms with van der Waals surface area (Å²) in [6, 6.07) is 0.711. The number of hydrogen-bond acceptors (Lipinski definition) is 3. The van der Waals surface area contributed by atoms with Gasteiger partial charge in [0, 0.05) is 17.1 Å². The van der Waals surface area contributed by atoms with Crippen LogP contribution in [0.5, 0.6) is 0 Å². The molecule has 0 atom stereocenters. The molecule has 1 heterocycles. The van der Waals surface area contributed by atoms with Crippen LogP contribution in [0.2, 0.25) is 0 Å². The lowest BCUT2D eigenvalue weighted by Gasteiger charge is -2.55. The first kappa shape index (κ1) is 15.9. The fourth-order valence-corrected chi connectivity index (χ4v) is 3.32. The Morgan fingerprint density at radius 3 is 2.11 bits per heavy atom. The second-order valence-corrected chi connectivity index (χ2v) is 7.18. The molecule has 3 nitrogen and oxygen atoms in total. The summed E-state index contributed by atoms with van der Waals surface area (Å²) in [5.74, 6) is 0. The van der Waals surface area contributed by atoms with Gasteiger partial charge < -0.3 is 10.2 Å². The Hall–Kier alpha value is -0.120. The molecule has 1 rings (SSSR count). The zero-order valence-electron chi connectivity index (χ0n) is 13.5. The van der Waals surface area contributed by atoms with Gasteiger partial charge in [-0.15, -0.1) is 0 Å². The van der Waals surface area contributed by atoms with E-state index in [2.05, 4.69) is 56.9 Å². The van der Waals surface area contributed by atoms with Gasteiger partial charge in [0.15, 0.2) is 0 Å². The van der Waals surface area contributed by atoms with Crippen molar-refractivity contribution < 1.29 is 0 Å². The van der Waals surface area contributed by atoms with Crippen LogP contribution in [0.25, 0.3) is 0 Å². The standard InChI is InChI=1S/C15H33N3/c1-14(2)11-13(12-15(3,4)18(14)7)17(6)10-8-9-16-5/h13,16H,8-12H2,1-7H3. The first-order valence-corrected chi connectivity index (χ1v) is 7.29. The fraction of sp³-hybridized carbons (Fsp3) is 1.00. The highest BCUT2D eigenvalue weighted by atomic mass is 15.3. The van der Waals surface area contributed by atoms with Crippen LogP contribution in [0.4, 0.5) is 0 Å². The van der Waals surface area contributed by atoms with Gasteiger partial charge in [0.25, 0.3) is 0 Å². The van der Waals surface area contributed by atoms with E-state index >= 15 is 0 Å². The van der Waals surface area contributed by atoms with Gasteiger partial charge in [-0.25, -0.2) is 0 Å². The maximum atomic E-state index is 3.23. The maximum absolute atomic E-state index is 3.23. The first-order chi connectivity index (χ1) is 8.20. The molecule has 1 saturated heterocycles. The topological polar surface area (TPSA) is 18.5 Å². The van der Waals surface area contributed by atoms with Crippen molar-refractivity contribution in [3.63, 3.8) is 0 Å². The number of hydrogen-bond donors (Lipinski definition) is 1. The predicted molar refractivity (Wildman–Crippen MR) is 80.1 cm³/mol. The average Bonchev–Trinajstić information content (AvgIpc) is 2.25. The normalized spacial score (nSPS) is 24.7. The summed E-state index contributed by atoms with van der Waals surface area (Å²) >= 11 is 0. The highest BCUT2D eigenvalue weighted by Gasteiger charge is 2.43. The van der Waals surface area contributed by atoms with E-state index < -0.39 is 0 Å². The zero-order valence-corrected chi connectivity index (χ0v) is 13.5. The van der Waals surface area contributed by atoms with Crippen molar-refractivity contribution in [2.24, 2.45) is 0 Å². The Morgan fingerprint density at radius 2 is 1.67 bits per heavy atom. The molecule has 0 aromatic carbocycles. The third kappa shape index (κ3) is 3.69. The van der Waals surface area contributed by atoms with E-state index in [0.29, 0.717) is 17.1 Å². The molecule has 18 heavy (non-hydrogen) atoms. The van der Waals surface area contributed by atoms with Crippen LogP contribution in [0.1, 0.15) is 47.0 Å². The van der Waals surface area contributed by atoms with E-state index in [1.165, 1.54) is 25.8 Å². The average molecular weight is 255 g/mol. The summed E-state index contributed by atoms with van der Waals surface area (Å²) in [7, 11) is 6.59. The molecule has 0 saturated carbocycles. The quantitative estimate of drug-likeness (QED) is 0.760. The van der Waals surface area contributed by atoms with Crippen LogP contribution in [0.15, 0.2) is 0 Å². The molecule has 1 N–H and O–H groups in total. The molecule has 0 unspecified atom stereocenters. The Kier molecular flexibility index (Phi) is 5.22. The Balaban J connectivity index is 2.62. The molecule has 0 aromatic heterocycles. The summed E-state index contributed by atoms with van der Waals surface area (Å²) in [6.07, 6.45) is 3.77. The van der Waals surface area contributed by atoms with E-state index in [9.17, 15) is 0 Å². The van der Waals surface area contributed by atoms with Crippen molar-refractivity contribution in [1.82, 2.24) is 15.1 Å². The minimum Gasteiger partial charge on any atom is -0.320 e. The van der Waals surface area contributed by atoms with Gasteiger partial charge in [0.2, 0.25) is 0 Å². The van der Waals surface area contributed by atoms with Crippen molar-refractivity contribution >= 4 is 0 Å². The molecule has 0 amide bonds. The Bertz CT molecular complexity index is 242. The molecule has 1 fully saturated rings. The molecule has 0 spiro atoms. The SMILES string of the molecule is CNCCCN(C)C1CC(C)(C)N(C)C(C)(C)C1. The molecule has 108 valence electrons. The van der Waals surface area contributed by atoms with Crippen LogP contribution in [0, 0.1) is 0 Å². The van der Waals surface area contributed by atoms with Gasteiger partial charge >= 0.3 is 0 Å². The van der Waals surface area contributed by atoms with Crippen LogP contribution in [-0.2, 0) is 0 Å². The van der Waals surface area contributed by atoms with Crippen LogP contribution in [-0.4, -0.2) is 61.2 Å². The second kappa shape index (κ2) is 5.89. The Morgan fingerprint density at radius 1 is 1.17 bits per heavy atom. The number of nitrogens with zero attached hydrogens (tertiary/aromatic N) is 2. The molecule has 3 heteroatoms. The lowest BCUT2D eigenvalue weighted by molar-refractivity contribution is -0.0424. The molecule has 0 radical (unpaired) electrons. The highest BCUT2D eigenvalue weighted by Crippen LogP contribution is 2.38. The lowest BCUT2D eigenvalue weighted by Crippen LogP contribution is -2.62. The third-order valence-corrected chi connectivity index (χ3v) is 4.85. The third-order valence-electron chi connectivity index (χ3n) is 4.85. The molecule has 0 aliphatic carbocycles. The van der Waals surface area contributed by atoms with Crippen LogP contribution >= 0.6 is 0 Å². The smallest absolute Gasteiger partial charge is 0.0170 e. The fourth-order valence-electron chi connectivity index (χ4n) is 3.32. The molecular formula is C15H33N3. The van der Waals surface area contributed by atoms with Crippen molar-refractivity contribution in [3.8, 4) is 0 Å². The van der Waals surface area contributed by atoms with E-state index in [1.54, 1.807) is 0 Å². The van der Waals surface area contributed by atoms with Gasteiger partial charge in [0.1, 0.15) is 0 Å². The summed E-state index contributed by atoms with van der Waals surface area (Å²) in [6.45, 7) is 11.8. The summed E-state index contributed by atoms with van der Waals surface area (Å²) < 4.78 is 0. The second-order valence-electron chi connectivity index (χ2n) is 7.18. The van der Waals surface area contributed by atoms with Crippen LogP contribution < -0.4 is 5.32 Å². The van der Waals surface area contributed by atoms with E-state index in [0.717, 1.165) is 6.54 Å². The van der Waals surface area contributed by atoms with Gasteiger partial charge in [-0.2, -0.15) is 0 Å². The van der Waals surface area contributed by atoms with E-state index in [1.807, 2.05) is 7.05 Å². The molecule has 1 aliphatic rings. The summed E-state index contributed by atoms with van der Waals surface area (Å²) in [4.78, 5) is 5.12. The zero-order chi connectivity index (χ0) is 14.0. The van der Waals surface area contributed by atoms with E-state index in [-0.39, 0.29) is 0 Å². The van der Waals surface area contributed by atoms with Crippen molar-refractivity contribution in [2.45, 2.75) is 64.1 Å². The van der Waals surface area contributed by atoms with Crippen molar-refractivity contribution in [3.05, 3.63) is 0 Å². The molecule has 0 aromatic rings. The number of nitrogens with one attached hydrogen (secondary N) is 1. The minimum atomic E-state index is 0.295. The van der Waals surface area contributed by atoms with Gasteiger partial charge in [0.05, 0.1) is 0 Å². The van der Waals surface area contributed by atoms with Gasteiger partial charge in [-0.3, -0.25) is 4.90 Å². The molecule has 1 aliphatic heterocycles. The van der Waals surface area contributed by atoms with Crippen molar-refractivity contribution in [1.29, 1.82) is 0 Å². The number of rotatable bonds is 5. The predicted octanol–water partition coefficient (Wildman–Crippen LogP) is 2.18. The van der Waals surface area contributed by atoms with Crippen molar-refractivity contribution in [2.75, 3.05) is 34.2 Å². The molecule has 0 bridgehead atoms. The summed E-state index contributed by atoms with van der Waals surface area (Å²) in [5, 5.41) is 3.23. The highest BCUT2D eigenvalue weighted by molar-refractivity contribution is 5.00. The number of piperidine rings is 1. The van der Waals surface area contributed by atoms with Gasteiger partial charge in [-0.1, -0.05) is 0 Å². The molecular weight excluding hydrogens is 222 g/mol. The Labute approximate surface area is 114 Å². The number of likely N-dealkylation sites (tertiary alicyclic amines) is 1.